The van der Waals surface area contributed by atoms with E-state index in [1.54, 1.807) is 12.1 Å². The Morgan fingerprint density at radius 1 is 1.06 bits per heavy atom. The first-order valence-electron chi connectivity index (χ1n) is 7.06. The second-order valence-electron chi connectivity index (χ2n) is 5.59. The Kier molecular flexibility index (Phi) is 3.52. The third-order valence-electron chi connectivity index (χ3n) is 4.12. The van der Waals surface area contributed by atoms with E-state index in [1.165, 1.54) is 44.3 Å². The molecule has 1 saturated heterocycles. The lowest BCUT2D eigenvalue weighted by atomic mass is 10.0. The number of benzene rings is 1. The molecule has 2 fully saturated rings. The predicted molar refractivity (Wildman–Crippen MR) is 72.6 cm³/mol. The van der Waals surface area contributed by atoms with Crippen molar-refractivity contribution in [2.24, 2.45) is 0 Å². The number of nitrogens with one attached hydrogen (secondary N) is 1. The van der Waals surface area contributed by atoms with E-state index in [0.29, 0.717) is 11.8 Å². The van der Waals surface area contributed by atoms with Crippen LogP contribution in [0.25, 0.3) is 0 Å². The maximum absolute atomic E-state index is 9.23. The molecule has 0 bridgehead atoms. The van der Waals surface area contributed by atoms with E-state index in [2.05, 4.69) is 10.2 Å². The maximum Gasteiger partial charge on any atom is 0.115 e. The molecule has 98 valence electrons. The average Bonchev–Trinajstić information content (AvgIpc) is 3.23. The Bertz CT molecular complexity index is 378. The summed E-state index contributed by atoms with van der Waals surface area (Å²) in [7, 11) is 0. The quantitative estimate of drug-likeness (QED) is 0.854. The number of hydrogen-bond acceptors (Lipinski definition) is 3. The SMILES string of the molecule is Oc1ccc(CNC2CCN(C3CC3)CC2)cc1. The molecule has 0 spiro atoms. The van der Waals surface area contributed by atoms with E-state index in [-0.39, 0.29) is 0 Å². The van der Waals surface area contributed by atoms with Crippen LogP contribution < -0.4 is 5.32 Å². The molecule has 3 nitrogen and oxygen atoms in total. The third kappa shape index (κ3) is 3.03. The van der Waals surface area contributed by atoms with Crippen molar-refractivity contribution >= 4 is 0 Å². The molecule has 3 rings (SSSR count). The summed E-state index contributed by atoms with van der Waals surface area (Å²) in [5.74, 6) is 0.344. The largest absolute Gasteiger partial charge is 0.508 e. The van der Waals surface area contributed by atoms with E-state index in [0.717, 1.165) is 12.6 Å². The molecule has 3 heteroatoms. The number of piperidine rings is 1. The molecule has 0 aromatic heterocycles. The van der Waals surface area contributed by atoms with Crippen LogP contribution in [-0.2, 0) is 6.54 Å². The molecule has 1 saturated carbocycles. The van der Waals surface area contributed by atoms with Crippen LogP contribution in [0.15, 0.2) is 24.3 Å². The van der Waals surface area contributed by atoms with Gasteiger partial charge >= 0.3 is 0 Å². The van der Waals surface area contributed by atoms with E-state index < -0.39 is 0 Å². The Morgan fingerprint density at radius 2 is 1.72 bits per heavy atom. The first kappa shape index (κ1) is 12.0. The van der Waals surface area contributed by atoms with Crippen LogP contribution in [0.5, 0.6) is 5.75 Å². The number of phenols is 1. The number of hydrogen-bond donors (Lipinski definition) is 2. The number of nitrogens with zero attached hydrogens (tertiary/aromatic N) is 1. The Balaban J connectivity index is 1.42. The first-order chi connectivity index (χ1) is 8.81. The molecule has 1 heterocycles. The fraction of sp³-hybridized carbons (Fsp3) is 0.600. The lowest BCUT2D eigenvalue weighted by Gasteiger charge is -2.32. The van der Waals surface area contributed by atoms with Gasteiger partial charge in [-0.05, 0) is 56.5 Å². The minimum absolute atomic E-state index is 0.344. The van der Waals surface area contributed by atoms with Crippen molar-refractivity contribution in [1.29, 1.82) is 0 Å². The van der Waals surface area contributed by atoms with Crippen molar-refractivity contribution < 1.29 is 5.11 Å². The van der Waals surface area contributed by atoms with Crippen LogP contribution in [0.1, 0.15) is 31.2 Å². The van der Waals surface area contributed by atoms with E-state index in [1.807, 2.05) is 12.1 Å². The van der Waals surface area contributed by atoms with Crippen molar-refractivity contribution in [3.8, 4) is 5.75 Å². The summed E-state index contributed by atoms with van der Waals surface area (Å²) >= 11 is 0. The summed E-state index contributed by atoms with van der Waals surface area (Å²) in [5, 5.41) is 12.9. The molecule has 2 aliphatic rings. The van der Waals surface area contributed by atoms with Gasteiger partial charge in [-0.25, -0.2) is 0 Å². The van der Waals surface area contributed by atoms with Gasteiger partial charge in [0, 0.05) is 18.6 Å². The molecule has 1 aromatic rings. The molecule has 18 heavy (non-hydrogen) atoms. The van der Waals surface area contributed by atoms with Crippen LogP contribution in [0, 0.1) is 0 Å². The fourth-order valence-corrected chi connectivity index (χ4v) is 2.78. The van der Waals surface area contributed by atoms with Gasteiger partial charge < -0.3 is 15.3 Å². The Hall–Kier alpha value is -1.06. The van der Waals surface area contributed by atoms with Crippen molar-refractivity contribution in [3.63, 3.8) is 0 Å². The first-order valence-corrected chi connectivity index (χ1v) is 7.06. The van der Waals surface area contributed by atoms with Gasteiger partial charge in [0.15, 0.2) is 0 Å². The molecule has 2 N–H and O–H groups in total. The second-order valence-corrected chi connectivity index (χ2v) is 5.59. The summed E-state index contributed by atoms with van der Waals surface area (Å²) in [6, 6.07) is 9.07. The molecule has 0 radical (unpaired) electrons. The van der Waals surface area contributed by atoms with Gasteiger partial charge in [-0.15, -0.1) is 0 Å². The zero-order valence-electron chi connectivity index (χ0n) is 10.8. The molecule has 0 unspecified atom stereocenters. The maximum atomic E-state index is 9.23. The lowest BCUT2D eigenvalue weighted by Crippen LogP contribution is -2.43. The van der Waals surface area contributed by atoms with E-state index in [4.69, 9.17) is 0 Å². The molecular formula is C15H22N2O. The van der Waals surface area contributed by atoms with Crippen LogP contribution in [0.3, 0.4) is 0 Å². The summed E-state index contributed by atoms with van der Waals surface area (Å²) < 4.78 is 0. The lowest BCUT2D eigenvalue weighted by molar-refractivity contribution is 0.189. The Labute approximate surface area is 109 Å². The van der Waals surface area contributed by atoms with Gasteiger partial charge in [0.25, 0.3) is 0 Å². The highest BCUT2D eigenvalue weighted by Crippen LogP contribution is 2.29. The number of phenolic OH excluding ortho intramolecular Hbond substituents is 1. The predicted octanol–water partition coefficient (Wildman–Crippen LogP) is 2.11. The zero-order valence-corrected chi connectivity index (χ0v) is 10.8. The van der Waals surface area contributed by atoms with Gasteiger partial charge in [0.05, 0.1) is 0 Å². The van der Waals surface area contributed by atoms with E-state index >= 15 is 0 Å². The number of rotatable bonds is 4. The van der Waals surface area contributed by atoms with Gasteiger partial charge in [-0.3, -0.25) is 0 Å². The average molecular weight is 246 g/mol. The number of likely N-dealkylation sites (tertiary alicyclic amines) is 1. The molecule has 1 aliphatic heterocycles. The fourth-order valence-electron chi connectivity index (χ4n) is 2.78. The van der Waals surface area contributed by atoms with Crippen LogP contribution in [0.2, 0.25) is 0 Å². The highest BCUT2D eigenvalue weighted by molar-refractivity contribution is 5.25. The highest BCUT2D eigenvalue weighted by atomic mass is 16.3. The Morgan fingerprint density at radius 3 is 2.33 bits per heavy atom. The monoisotopic (exact) mass is 246 g/mol. The van der Waals surface area contributed by atoms with Crippen molar-refractivity contribution in [2.45, 2.75) is 44.3 Å². The van der Waals surface area contributed by atoms with Crippen LogP contribution in [0.4, 0.5) is 0 Å². The zero-order chi connectivity index (χ0) is 12.4. The van der Waals surface area contributed by atoms with Gasteiger partial charge in [0.2, 0.25) is 0 Å². The minimum Gasteiger partial charge on any atom is -0.508 e. The van der Waals surface area contributed by atoms with Crippen molar-refractivity contribution in [2.75, 3.05) is 13.1 Å². The number of aromatic hydroxyl groups is 1. The molecule has 0 atom stereocenters. The smallest absolute Gasteiger partial charge is 0.115 e. The van der Waals surface area contributed by atoms with Gasteiger partial charge in [0.1, 0.15) is 5.75 Å². The second kappa shape index (κ2) is 5.29. The summed E-state index contributed by atoms with van der Waals surface area (Å²) in [6.45, 7) is 3.43. The van der Waals surface area contributed by atoms with Crippen molar-refractivity contribution in [3.05, 3.63) is 29.8 Å². The van der Waals surface area contributed by atoms with Gasteiger partial charge in [-0.1, -0.05) is 12.1 Å². The third-order valence-corrected chi connectivity index (χ3v) is 4.12. The van der Waals surface area contributed by atoms with Crippen molar-refractivity contribution in [1.82, 2.24) is 10.2 Å². The normalized spacial score (nSPS) is 22.2. The summed E-state index contributed by atoms with van der Waals surface area (Å²) in [5.41, 5.74) is 1.25. The molecule has 1 aliphatic carbocycles. The van der Waals surface area contributed by atoms with Crippen LogP contribution in [-0.4, -0.2) is 35.2 Å². The topological polar surface area (TPSA) is 35.5 Å². The highest BCUT2D eigenvalue weighted by Gasteiger charge is 2.31. The van der Waals surface area contributed by atoms with Gasteiger partial charge in [-0.2, -0.15) is 0 Å². The summed E-state index contributed by atoms with van der Waals surface area (Å²) in [4.78, 5) is 2.65. The standard InChI is InChI=1S/C15H22N2O/c18-15-5-1-12(2-6-15)11-16-13-7-9-17(10-8-13)14-3-4-14/h1-2,5-6,13-14,16,18H,3-4,7-11H2. The van der Waals surface area contributed by atoms with Crippen LogP contribution >= 0.6 is 0 Å². The molecular weight excluding hydrogens is 224 g/mol. The molecule has 1 aromatic carbocycles. The molecule has 0 amide bonds. The van der Waals surface area contributed by atoms with E-state index in [9.17, 15) is 5.11 Å². The summed E-state index contributed by atoms with van der Waals surface area (Å²) in [6.07, 6.45) is 5.39. The minimum atomic E-state index is 0.344.